The third kappa shape index (κ3) is 6.07. The molecular formula is C19H22ClF3N2O5. The molecule has 1 aromatic carbocycles. The smallest absolute Gasteiger partial charge is 0.416 e. The Kier molecular flexibility index (Phi) is 7.17. The summed E-state index contributed by atoms with van der Waals surface area (Å²) in [4.78, 5) is 25.0. The number of halogens is 4. The van der Waals surface area contributed by atoms with E-state index in [9.17, 15) is 22.8 Å². The van der Waals surface area contributed by atoms with Gasteiger partial charge < -0.3 is 24.4 Å². The Morgan fingerprint density at radius 1 is 1.30 bits per heavy atom. The van der Waals surface area contributed by atoms with Crippen LogP contribution in [0.3, 0.4) is 0 Å². The second-order valence-electron chi connectivity index (χ2n) is 7.20. The van der Waals surface area contributed by atoms with Crippen LogP contribution in [0.4, 0.5) is 22.8 Å². The number of carbonyl (C=O) groups is 2. The van der Waals surface area contributed by atoms with Gasteiger partial charge in [0.2, 0.25) is 0 Å². The number of cyclic esters (lactones) is 1. The van der Waals surface area contributed by atoms with Gasteiger partial charge in [-0.1, -0.05) is 11.6 Å². The van der Waals surface area contributed by atoms with Crippen LogP contribution in [0.5, 0.6) is 5.75 Å². The van der Waals surface area contributed by atoms with Gasteiger partial charge in [0.15, 0.2) is 0 Å². The van der Waals surface area contributed by atoms with Crippen LogP contribution in [0.25, 0.3) is 0 Å². The van der Waals surface area contributed by atoms with Crippen molar-refractivity contribution < 1.29 is 37.0 Å². The highest BCUT2D eigenvalue weighted by Crippen LogP contribution is 2.38. The molecule has 3 rings (SSSR count). The molecule has 1 aliphatic carbocycles. The van der Waals surface area contributed by atoms with E-state index in [2.05, 4.69) is 5.32 Å². The molecule has 166 valence electrons. The number of hydrogen-bond acceptors (Lipinski definition) is 5. The number of benzene rings is 1. The van der Waals surface area contributed by atoms with E-state index in [1.165, 1.54) is 11.0 Å². The summed E-state index contributed by atoms with van der Waals surface area (Å²) in [6.45, 7) is 1.48. The Morgan fingerprint density at radius 2 is 2.07 bits per heavy atom. The molecule has 1 N–H and O–H groups in total. The van der Waals surface area contributed by atoms with Gasteiger partial charge in [0, 0.05) is 25.6 Å². The van der Waals surface area contributed by atoms with Gasteiger partial charge in [-0.2, -0.15) is 13.2 Å². The van der Waals surface area contributed by atoms with Gasteiger partial charge in [0.05, 0.1) is 29.9 Å². The summed E-state index contributed by atoms with van der Waals surface area (Å²) in [6.07, 6.45) is -3.88. The number of nitrogens with one attached hydrogen (secondary N) is 1. The van der Waals surface area contributed by atoms with Crippen LogP contribution in [-0.4, -0.2) is 56.0 Å². The van der Waals surface area contributed by atoms with E-state index in [4.69, 9.17) is 25.8 Å². The van der Waals surface area contributed by atoms with E-state index in [0.717, 1.165) is 12.1 Å². The van der Waals surface area contributed by atoms with Crippen molar-refractivity contribution in [3.05, 3.63) is 28.8 Å². The predicted octanol–water partition coefficient (Wildman–Crippen LogP) is 4.08. The molecule has 1 saturated heterocycles. The minimum atomic E-state index is -4.46. The number of ether oxygens (including phenoxy) is 3. The number of carbonyl (C=O) groups excluding carboxylic acids is 2. The van der Waals surface area contributed by atoms with Crippen molar-refractivity contribution in [3.63, 3.8) is 0 Å². The van der Waals surface area contributed by atoms with Crippen LogP contribution in [0.2, 0.25) is 5.02 Å². The third-order valence-corrected chi connectivity index (χ3v) is 5.20. The normalized spacial score (nSPS) is 22.5. The number of amides is 2. The number of nitrogens with zero attached hydrogens (tertiary/aromatic N) is 1. The zero-order valence-electron chi connectivity index (χ0n) is 16.0. The Labute approximate surface area is 176 Å². The second kappa shape index (κ2) is 9.63. The molecule has 0 unspecified atom stereocenters. The molecule has 0 spiro atoms. The van der Waals surface area contributed by atoms with Gasteiger partial charge in [0.25, 0.3) is 0 Å². The minimum absolute atomic E-state index is 0.0937. The fourth-order valence-electron chi connectivity index (χ4n) is 3.20. The van der Waals surface area contributed by atoms with Crippen molar-refractivity contribution in [2.45, 2.75) is 31.5 Å². The summed E-state index contributed by atoms with van der Waals surface area (Å²) in [5, 5.41) is 2.45. The maximum Gasteiger partial charge on any atom is 0.416 e. The van der Waals surface area contributed by atoms with Crippen LogP contribution < -0.4 is 10.1 Å². The molecule has 1 heterocycles. The number of alkyl carbamates (subject to hydrolysis) is 1. The lowest BCUT2D eigenvalue weighted by Crippen LogP contribution is -2.41. The fraction of sp³-hybridized carbons (Fsp3) is 0.579. The minimum Gasteiger partial charge on any atom is -0.489 e. The van der Waals surface area contributed by atoms with E-state index in [-0.39, 0.29) is 42.6 Å². The topological polar surface area (TPSA) is 77.1 Å². The van der Waals surface area contributed by atoms with E-state index in [0.29, 0.717) is 32.4 Å². The van der Waals surface area contributed by atoms with Gasteiger partial charge in [0.1, 0.15) is 5.75 Å². The lowest BCUT2D eigenvalue weighted by Gasteiger charge is -2.35. The van der Waals surface area contributed by atoms with E-state index in [1.54, 1.807) is 0 Å². The van der Waals surface area contributed by atoms with Crippen molar-refractivity contribution in [3.8, 4) is 5.75 Å². The highest BCUT2D eigenvalue weighted by atomic mass is 35.5. The first-order chi connectivity index (χ1) is 14.2. The first kappa shape index (κ1) is 22.3. The van der Waals surface area contributed by atoms with Crippen molar-refractivity contribution in [2.24, 2.45) is 5.92 Å². The van der Waals surface area contributed by atoms with Crippen molar-refractivity contribution in [1.29, 1.82) is 0 Å². The number of hydrogen-bond donors (Lipinski definition) is 1. The average Bonchev–Trinajstić information content (AvgIpc) is 2.75. The molecule has 11 heteroatoms. The maximum absolute atomic E-state index is 12.7. The summed E-state index contributed by atoms with van der Waals surface area (Å²) < 4.78 is 54.0. The Bertz CT molecular complexity index is 771. The van der Waals surface area contributed by atoms with Crippen LogP contribution in [0, 0.1) is 5.92 Å². The Morgan fingerprint density at radius 3 is 2.77 bits per heavy atom. The first-order valence-corrected chi connectivity index (χ1v) is 9.96. The Balaban J connectivity index is 1.40. The lowest BCUT2D eigenvalue weighted by molar-refractivity contribution is -0.137. The summed E-state index contributed by atoms with van der Waals surface area (Å²) in [5.74, 6) is 0.304. The molecule has 2 amide bonds. The first-order valence-electron chi connectivity index (χ1n) is 9.58. The molecular weight excluding hydrogens is 429 g/mol. The summed E-state index contributed by atoms with van der Waals surface area (Å²) >= 11 is 5.90. The van der Waals surface area contributed by atoms with Crippen LogP contribution in [-0.2, 0) is 15.7 Å². The molecule has 30 heavy (non-hydrogen) atoms. The highest BCUT2D eigenvalue weighted by Gasteiger charge is 2.34. The largest absolute Gasteiger partial charge is 0.489 e. The molecule has 7 nitrogen and oxygen atoms in total. The van der Waals surface area contributed by atoms with E-state index in [1.807, 2.05) is 0 Å². The van der Waals surface area contributed by atoms with Gasteiger partial charge in [-0.25, -0.2) is 9.59 Å². The molecule has 1 aromatic rings. The Hall–Kier alpha value is -2.36. The second-order valence-corrected chi connectivity index (χ2v) is 7.61. The standard InChI is InChI=1S/C19H22ClF3N2O5/c20-15-10-13(19(21,22)23)2-3-16(15)30-14-8-12(9-14)11-29-18(27)25-5-1-7-28-17(26)24-4-6-25/h2-3,10,12,14H,1,4-9,11H2,(H,24,26)/t12-,14-. The van der Waals surface area contributed by atoms with Crippen molar-refractivity contribution in [2.75, 3.05) is 32.8 Å². The maximum atomic E-state index is 12.7. The molecule has 2 fully saturated rings. The SMILES string of the molecule is O=C1NCCN(C(=O)OC[C@H]2C[C@H](Oc3ccc(C(F)(F)F)cc3Cl)C2)CCCO1. The summed E-state index contributed by atoms with van der Waals surface area (Å²) in [5.41, 5.74) is -0.829. The lowest BCUT2D eigenvalue weighted by atomic mass is 9.83. The van der Waals surface area contributed by atoms with Crippen LogP contribution in [0.1, 0.15) is 24.8 Å². The number of alkyl halides is 3. The van der Waals surface area contributed by atoms with E-state index >= 15 is 0 Å². The molecule has 2 aliphatic rings. The third-order valence-electron chi connectivity index (χ3n) is 4.90. The molecule has 0 radical (unpaired) electrons. The monoisotopic (exact) mass is 450 g/mol. The average molecular weight is 451 g/mol. The van der Waals surface area contributed by atoms with E-state index < -0.39 is 23.9 Å². The zero-order valence-corrected chi connectivity index (χ0v) is 16.8. The van der Waals surface area contributed by atoms with Crippen LogP contribution in [0.15, 0.2) is 18.2 Å². The summed E-state index contributed by atoms with van der Waals surface area (Å²) in [7, 11) is 0. The van der Waals surface area contributed by atoms with Crippen molar-refractivity contribution >= 4 is 23.8 Å². The number of rotatable bonds is 4. The van der Waals surface area contributed by atoms with Gasteiger partial charge in [-0.05, 0) is 37.5 Å². The fourth-order valence-corrected chi connectivity index (χ4v) is 3.42. The predicted molar refractivity (Wildman–Crippen MR) is 100 cm³/mol. The molecule has 1 saturated carbocycles. The highest BCUT2D eigenvalue weighted by molar-refractivity contribution is 6.32. The molecule has 1 aliphatic heterocycles. The van der Waals surface area contributed by atoms with Gasteiger partial charge >= 0.3 is 18.4 Å². The molecule has 0 atom stereocenters. The molecule has 0 bridgehead atoms. The zero-order chi connectivity index (χ0) is 21.7. The molecule has 0 aromatic heterocycles. The van der Waals surface area contributed by atoms with Gasteiger partial charge in [-0.15, -0.1) is 0 Å². The quantitative estimate of drug-likeness (QED) is 0.747. The van der Waals surface area contributed by atoms with Gasteiger partial charge in [-0.3, -0.25) is 0 Å². The summed E-state index contributed by atoms with van der Waals surface area (Å²) in [6, 6.07) is 2.98. The van der Waals surface area contributed by atoms with Crippen molar-refractivity contribution in [1.82, 2.24) is 10.2 Å². The van der Waals surface area contributed by atoms with Crippen LogP contribution >= 0.6 is 11.6 Å².